The highest BCUT2D eigenvalue weighted by atomic mass is 16.6. The van der Waals surface area contributed by atoms with Gasteiger partial charge in [-0.05, 0) is 30.5 Å². The van der Waals surface area contributed by atoms with Crippen molar-refractivity contribution in [3.05, 3.63) is 73.8 Å². The van der Waals surface area contributed by atoms with Gasteiger partial charge in [0.1, 0.15) is 0 Å². The van der Waals surface area contributed by atoms with E-state index in [1.54, 1.807) is 12.1 Å². The first-order chi connectivity index (χ1) is 13.9. The van der Waals surface area contributed by atoms with Gasteiger partial charge >= 0.3 is 0 Å². The number of nitrogens with zero attached hydrogens (tertiary/aromatic N) is 2. The highest BCUT2D eigenvalue weighted by Gasteiger charge is 2.18. The summed E-state index contributed by atoms with van der Waals surface area (Å²) in [7, 11) is 0. The largest absolute Gasteiger partial charge is 0.321 e. The van der Waals surface area contributed by atoms with Crippen molar-refractivity contribution < 1.29 is 14.6 Å². The first kappa shape index (κ1) is 22.0. The van der Waals surface area contributed by atoms with E-state index in [-0.39, 0.29) is 5.69 Å². The summed E-state index contributed by atoms with van der Waals surface area (Å²) in [6, 6.07) is 10.2. The van der Waals surface area contributed by atoms with Crippen LogP contribution in [0.5, 0.6) is 0 Å². The lowest BCUT2D eigenvalue weighted by Gasteiger charge is -2.07. The summed E-state index contributed by atoms with van der Waals surface area (Å²) >= 11 is 0. The Morgan fingerprint density at radius 2 is 1.41 bits per heavy atom. The fourth-order valence-corrected chi connectivity index (χ4v) is 3.01. The number of carbonyl (C=O) groups is 1. The molecule has 1 N–H and O–H groups in total. The lowest BCUT2D eigenvalue weighted by molar-refractivity contribution is -0.394. The molecular weight excluding hydrogens is 374 g/mol. The van der Waals surface area contributed by atoms with Crippen molar-refractivity contribution in [2.75, 3.05) is 5.32 Å². The predicted molar refractivity (Wildman–Crippen MR) is 111 cm³/mol. The highest BCUT2D eigenvalue weighted by molar-refractivity contribution is 6.04. The maximum absolute atomic E-state index is 12.4. The van der Waals surface area contributed by atoms with E-state index < -0.39 is 27.1 Å². The topological polar surface area (TPSA) is 115 Å². The maximum Gasteiger partial charge on any atom is 0.278 e. The van der Waals surface area contributed by atoms with E-state index in [4.69, 9.17) is 0 Å². The Balaban J connectivity index is 1.97. The molecule has 0 radical (unpaired) electrons. The second kappa shape index (κ2) is 10.9. The molecule has 8 nitrogen and oxygen atoms in total. The Morgan fingerprint density at radius 3 is 1.97 bits per heavy atom. The van der Waals surface area contributed by atoms with Crippen LogP contribution >= 0.6 is 0 Å². The molecule has 2 aromatic rings. The number of unbranched alkanes of at least 4 members (excludes halogenated alkanes) is 5. The number of nitrogens with one attached hydrogen (secondary N) is 1. The van der Waals surface area contributed by atoms with Gasteiger partial charge in [-0.25, -0.2) is 0 Å². The minimum Gasteiger partial charge on any atom is -0.321 e. The first-order valence-electron chi connectivity index (χ1n) is 9.75. The summed E-state index contributed by atoms with van der Waals surface area (Å²) in [6.07, 6.45) is 8.26. The SMILES string of the molecule is CCCCCCCCc1ccc(C(=O)Nc2cc([N+](=O)[O-])cc([N+](=O)[O-])c2)cc1. The van der Waals surface area contributed by atoms with E-state index in [0.717, 1.165) is 36.6 Å². The van der Waals surface area contributed by atoms with Crippen LogP contribution in [-0.4, -0.2) is 15.8 Å². The van der Waals surface area contributed by atoms with Crippen LogP contribution in [0.1, 0.15) is 61.4 Å². The van der Waals surface area contributed by atoms with Crippen LogP contribution in [0.15, 0.2) is 42.5 Å². The van der Waals surface area contributed by atoms with Gasteiger partial charge in [0.05, 0.1) is 21.6 Å². The fraction of sp³-hybridized carbons (Fsp3) is 0.381. The van der Waals surface area contributed by atoms with Crippen molar-refractivity contribution in [2.45, 2.75) is 51.9 Å². The van der Waals surface area contributed by atoms with Gasteiger partial charge in [-0.3, -0.25) is 25.0 Å². The second-order valence-corrected chi connectivity index (χ2v) is 6.92. The minimum absolute atomic E-state index is 0.00653. The number of carbonyl (C=O) groups excluding carboxylic acids is 1. The zero-order valence-corrected chi connectivity index (χ0v) is 16.4. The molecular formula is C21H25N3O5. The van der Waals surface area contributed by atoms with Crippen LogP contribution in [-0.2, 0) is 6.42 Å². The van der Waals surface area contributed by atoms with E-state index in [1.807, 2.05) is 12.1 Å². The molecule has 0 spiro atoms. The van der Waals surface area contributed by atoms with Gasteiger partial charge in [0, 0.05) is 17.7 Å². The molecule has 29 heavy (non-hydrogen) atoms. The standard InChI is InChI=1S/C21H25N3O5/c1-2-3-4-5-6-7-8-16-9-11-17(12-10-16)21(25)22-18-13-19(23(26)27)15-20(14-18)24(28)29/h9-15H,2-8H2,1H3,(H,22,25). The van der Waals surface area contributed by atoms with Crippen molar-refractivity contribution in [1.29, 1.82) is 0 Å². The summed E-state index contributed by atoms with van der Waals surface area (Å²) in [5.74, 6) is -0.481. The number of aryl methyl sites for hydroxylation is 1. The van der Waals surface area contributed by atoms with Gasteiger partial charge in [0.15, 0.2) is 0 Å². The predicted octanol–water partition coefficient (Wildman–Crippen LogP) is 5.66. The van der Waals surface area contributed by atoms with Crippen LogP contribution < -0.4 is 5.32 Å². The smallest absolute Gasteiger partial charge is 0.278 e. The number of amides is 1. The van der Waals surface area contributed by atoms with E-state index in [1.165, 1.54) is 32.1 Å². The third-order valence-electron chi connectivity index (χ3n) is 4.62. The molecule has 8 heteroatoms. The van der Waals surface area contributed by atoms with Crippen LogP contribution in [0.3, 0.4) is 0 Å². The monoisotopic (exact) mass is 399 g/mol. The molecule has 1 amide bonds. The van der Waals surface area contributed by atoms with Crippen LogP contribution in [0, 0.1) is 20.2 Å². The van der Waals surface area contributed by atoms with Crippen LogP contribution in [0.4, 0.5) is 17.1 Å². The summed E-state index contributed by atoms with van der Waals surface area (Å²) in [4.78, 5) is 32.8. The fourth-order valence-electron chi connectivity index (χ4n) is 3.01. The molecule has 0 heterocycles. The van der Waals surface area contributed by atoms with Crippen LogP contribution in [0.25, 0.3) is 0 Å². The molecule has 0 aliphatic rings. The van der Waals surface area contributed by atoms with Gasteiger partial charge in [0.25, 0.3) is 17.3 Å². The summed E-state index contributed by atoms with van der Waals surface area (Å²) in [5.41, 5.74) is 0.619. The molecule has 0 atom stereocenters. The lowest BCUT2D eigenvalue weighted by Crippen LogP contribution is -2.12. The van der Waals surface area contributed by atoms with Gasteiger partial charge in [0.2, 0.25) is 0 Å². The summed E-state index contributed by atoms with van der Waals surface area (Å²) in [6.45, 7) is 2.19. The van der Waals surface area contributed by atoms with Crippen molar-refractivity contribution in [3.63, 3.8) is 0 Å². The van der Waals surface area contributed by atoms with Gasteiger partial charge < -0.3 is 5.32 Å². The van der Waals surface area contributed by atoms with Crippen molar-refractivity contribution in [3.8, 4) is 0 Å². The zero-order chi connectivity index (χ0) is 21.2. The minimum atomic E-state index is -0.736. The highest BCUT2D eigenvalue weighted by Crippen LogP contribution is 2.26. The van der Waals surface area contributed by atoms with Crippen molar-refractivity contribution >= 4 is 23.0 Å². The molecule has 0 aliphatic carbocycles. The van der Waals surface area contributed by atoms with E-state index in [2.05, 4.69) is 12.2 Å². The molecule has 2 rings (SSSR count). The number of anilines is 1. The van der Waals surface area contributed by atoms with Crippen molar-refractivity contribution in [1.82, 2.24) is 0 Å². The van der Waals surface area contributed by atoms with Gasteiger partial charge in [-0.2, -0.15) is 0 Å². The van der Waals surface area contributed by atoms with Crippen molar-refractivity contribution in [2.24, 2.45) is 0 Å². The molecule has 0 fully saturated rings. The van der Waals surface area contributed by atoms with Gasteiger partial charge in [-0.1, -0.05) is 51.2 Å². The quantitative estimate of drug-likeness (QED) is 0.297. The van der Waals surface area contributed by atoms with E-state index in [9.17, 15) is 25.0 Å². The second-order valence-electron chi connectivity index (χ2n) is 6.92. The number of nitro groups is 2. The average Bonchev–Trinajstić information content (AvgIpc) is 2.70. The Bertz CT molecular complexity index is 833. The first-order valence-corrected chi connectivity index (χ1v) is 9.75. The lowest BCUT2D eigenvalue weighted by atomic mass is 10.0. The molecule has 0 saturated heterocycles. The zero-order valence-electron chi connectivity index (χ0n) is 16.4. The van der Waals surface area contributed by atoms with Crippen LogP contribution in [0.2, 0.25) is 0 Å². The Kier molecular flexibility index (Phi) is 8.27. The van der Waals surface area contributed by atoms with E-state index in [0.29, 0.717) is 5.56 Å². The number of benzene rings is 2. The number of rotatable bonds is 11. The molecule has 0 aliphatic heterocycles. The molecule has 2 aromatic carbocycles. The third-order valence-corrected chi connectivity index (χ3v) is 4.62. The maximum atomic E-state index is 12.4. The normalized spacial score (nSPS) is 10.5. The van der Waals surface area contributed by atoms with E-state index >= 15 is 0 Å². The third kappa shape index (κ3) is 6.99. The molecule has 0 bridgehead atoms. The Hall–Kier alpha value is -3.29. The number of hydrogen-bond donors (Lipinski definition) is 1. The molecule has 0 saturated carbocycles. The summed E-state index contributed by atoms with van der Waals surface area (Å²) in [5, 5.41) is 24.4. The molecule has 0 unspecified atom stereocenters. The molecule has 0 aromatic heterocycles. The number of hydrogen-bond acceptors (Lipinski definition) is 5. The Morgan fingerprint density at radius 1 is 0.862 bits per heavy atom. The number of non-ortho nitro benzene ring substituents is 2. The molecule has 154 valence electrons. The summed E-state index contributed by atoms with van der Waals surface area (Å²) < 4.78 is 0. The number of nitro benzene ring substituents is 2. The average molecular weight is 399 g/mol. The Labute approximate surface area is 169 Å². The van der Waals surface area contributed by atoms with Gasteiger partial charge in [-0.15, -0.1) is 0 Å².